The van der Waals surface area contributed by atoms with Crippen molar-refractivity contribution in [3.63, 3.8) is 0 Å². The second kappa shape index (κ2) is 5.67. The molecular formula is C13H20O4. The van der Waals surface area contributed by atoms with Crippen LogP contribution in [-0.4, -0.2) is 36.6 Å². The zero-order valence-electron chi connectivity index (χ0n) is 10.2. The molecule has 2 rings (SSSR count). The highest BCUT2D eigenvalue weighted by Gasteiger charge is 2.40. The van der Waals surface area contributed by atoms with Crippen LogP contribution < -0.4 is 0 Å². The van der Waals surface area contributed by atoms with Crippen LogP contribution in [0.25, 0.3) is 0 Å². The van der Waals surface area contributed by atoms with Crippen LogP contribution in [0.2, 0.25) is 0 Å². The molecule has 0 radical (unpaired) electrons. The van der Waals surface area contributed by atoms with Crippen molar-refractivity contribution in [2.24, 2.45) is 0 Å². The Morgan fingerprint density at radius 3 is 2.82 bits per heavy atom. The summed E-state index contributed by atoms with van der Waals surface area (Å²) >= 11 is 0. The second-order valence-electron chi connectivity index (χ2n) is 4.41. The predicted octanol–water partition coefficient (Wildman–Crippen LogP) is 1.77. The van der Waals surface area contributed by atoms with Gasteiger partial charge in [0.1, 0.15) is 5.76 Å². The summed E-state index contributed by atoms with van der Waals surface area (Å²) in [4.78, 5) is 0. The summed E-state index contributed by atoms with van der Waals surface area (Å²) in [6, 6.07) is 3.71. The molecule has 1 fully saturated rings. The van der Waals surface area contributed by atoms with Gasteiger partial charge in [-0.05, 0) is 19.1 Å². The lowest BCUT2D eigenvalue weighted by Gasteiger charge is -2.40. The van der Waals surface area contributed by atoms with Gasteiger partial charge in [0.2, 0.25) is 0 Å². The fourth-order valence-electron chi connectivity index (χ4n) is 2.38. The molecule has 0 saturated carbocycles. The molecular weight excluding hydrogens is 220 g/mol. The van der Waals surface area contributed by atoms with Crippen LogP contribution in [0.1, 0.15) is 25.5 Å². The van der Waals surface area contributed by atoms with Gasteiger partial charge in [-0.25, -0.2) is 0 Å². The summed E-state index contributed by atoms with van der Waals surface area (Å²) in [6.07, 6.45) is 3.05. The van der Waals surface area contributed by atoms with Crippen LogP contribution in [0.3, 0.4) is 0 Å². The molecule has 0 spiro atoms. The largest absolute Gasteiger partial charge is 0.469 e. The lowest BCUT2D eigenvalue weighted by Crippen LogP contribution is -2.50. The van der Waals surface area contributed by atoms with Gasteiger partial charge in [0, 0.05) is 39.1 Å². The van der Waals surface area contributed by atoms with Crippen molar-refractivity contribution in [2.45, 2.75) is 37.9 Å². The zero-order chi connectivity index (χ0) is 12.1. The molecule has 1 saturated heterocycles. The zero-order valence-corrected chi connectivity index (χ0v) is 10.2. The fourth-order valence-corrected chi connectivity index (χ4v) is 2.38. The average Bonchev–Trinajstić information content (AvgIpc) is 2.83. The number of hydrogen-bond acceptors (Lipinski definition) is 4. The molecule has 2 heterocycles. The van der Waals surface area contributed by atoms with Gasteiger partial charge in [-0.3, -0.25) is 0 Å². The molecule has 1 aromatic rings. The van der Waals surface area contributed by atoms with E-state index >= 15 is 0 Å². The molecule has 0 bridgehead atoms. The average molecular weight is 240 g/mol. The highest BCUT2D eigenvalue weighted by atomic mass is 16.5. The number of ether oxygens (including phenoxy) is 2. The lowest BCUT2D eigenvalue weighted by molar-refractivity contribution is -0.166. The Hall–Kier alpha value is -0.840. The summed E-state index contributed by atoms with van der Waals surface area (Å²) in [5, 5.41) is 10.4. The maximum Gasteiger partial charge on any atom is 0.106 e. The lowest BCUT2D eigenvalue weighted by atomic mass is 9.85. The summed E-state index contributed by atoms with van der Waals surface area (Å²) in [6.45, 7) is 3.86. The first-order valence-corrected chi connectivity index (χ1v) is 6.19. The quantitative estimate of drug-likeness (QED) is 0.852. The molecule has 17 heavy (non-hydrogen) atoms. The standard InChI is InChI=1S/C13H20O4/c1-2-17-13(5-8-15-9-6-13)12(14)10-11-4-3-7-16-11/h3-4,7,12,14H,2,5-6,8-10H2,1H3. The SMILES string of the molecule is CCOC1(C(O)Cc2ccco2)CCOCC1. The van der Waals surface area contributed by atoms with Crippen molar-refractivity contribution in [2.75, 3.05) is 19.8 Å². The molecule has 1 N–H and O–H groups in total. The summed E-state index contributed by atoms with van der Waals surface area (Å²) in [7, 11) is 0. The third-order valence-corrected chi connectivity index (χ3v) is 3.35. The summed E-state index contributed by atoms with van der Waals surface area (Å²) in [5.74, 6) is 0.795. The van der Waals surface area contributed by atoms with Crippen molar-refractivity contribution in [3.8, 4) is 0 Å². The van der Waals surface area contributed by atoms with Crippen LogP contribution in [0.15, 0.2) is 22.8 Å². The van der Waals surface area contributed by atoms with Crippen LogP contribution in [-0.2, 0) is 15.9 Å². The molecule has 4 heteroatoms. The van der Waals surface area contributed by atoms with E-state index < -0.39 is 11.7 Å². The molecule has 0 amide bonds. The van der Waals surface area contributed by atoms with E-state index in [0.717, 1.165) is 18.6 Å². The molecule has 0 aliphatic carbocycles. The number of hydrogen-bond donors (Lipinski definition) is 1. The Bertz CT molecular complexity index is 309. The maximum absolute atomic E-state index is 10.4. The van der Waals surface area contributed by atoms with Gasteiger partial charge >= 0.3 is 0 Å². The minimum absolute atomic E-state index is 0.472. The Morgan fingerprint density at radius 2 is 2.24 bits per heavy atom. The van der Waals surface area contributed by atoms with Crippen LogP contribution in [0.5, 0.6) is 0 Å². The van der Waals surface area contributed by atoms with Crippen molar-refractivity contribution in [1.29, 1.82) is 0 Å². The van der Waals surface area contributed by atoms with E-state index in [1.165, 1.54) is 0 Å². The van der Waals surface area contributed by atoms with Crippen molar-refractivity contribution < 1.29 is 19.0 Å². The van der Waals surface area contributed by atoms with Gasteiger partial charge in [0.15, 0.2) is 0 Å². The third-order valence-electron chi connectivity index (χ3n) is 3.35. The highest BCUT2D eigenvalue weighted by molar-refractivity contribution is 5.03. The molecule has 1 unspecified atom stereocenters. The number of aliphatic hydroxyl groups is 1. The minimum Gasteiger partial charge on any atom is -0.469 e. The van der Waals surface area contributed by atoms with E-state index in [0.29, 0.717) is 26.2 Å². The minimum atomic E-state index is -0.544. The van der Waals surface area contributed by atoms with Crippen LogP contribution in [0.4, 0.5) is 0 Å². The summed E-state index contributed by atoms with van der Waals surface area (Å²) < 4.78 is 16.4. The summed E-state index contributed by atoms with van der Waals surface area (Å²) in [5.41, 5.74) is -0.472. The van der Waals surface area contributed by atoms with E-state index in [1.54, 1.807) is 6.26 Å². The van der Waals surface area contributed by atoms with E-state index in [9.17, 15) is 5.11 Å². The fraction of sp³-hybridized carbons (Fsp3) is 0.692. The first-order valence-electron chi connectivity index (χ1n) is 6.19. The molecule has 4 nitrogen and oxygen atoms in total. The van der Waals surface area contributed by atoms with Gasteiger partial charge in [0.25, 0.3) is 0 Å². The van der Waals surface area contributed by atoms with E-state index in [4.69, 9.17) is 13.9 Å². The van der Waals surface area contributed by atoms with E-state index in [2.05, 4.69) is 0 Å². The monoisotopic (exact) mass is 240 g/mol. The van der Waals surface area contributed by atoms with E-state index in [1.807, 2.05) is 19.1 Å². The van der Waals surface area contributed by atoms with Crippen LogP contribution in [0, 0.1) is 0 Å². The predicted molar refractivity (Wildman–Crippen MR) is 62.8 cm³/mol. The highest BCUT2D eigenvalue weighted by Crippen LogP contribution is 2.30. The molecule has 96 valence electrons. The van der Waals surface area contributed by atoms with Crippen molar-refractivity contribution in [1.82, 2.24) is 0 Å². The Kier molecular flexibility index (Phi) is 4.20. The maximum atomic E-state index is 10.4. The normalized spacial score (nSPS) is 21.3. The van der Waals surface area contributed by atoms with Gasteiger partial charge < -0.3 is 19.0 Å². The first-order chi connectivity index (χ1) is 8.27. The Balaban J connectivity index is 2.03. The van der Waals surface area contributed by atoms with Crippen LogP contribution >= 0.6 is 0 Å². The van der Waals surface area contributed by atoms with Crippen molar-refractivity contribution in [3.05, 3.63) is 24.2 Å². The molecule has 1 aliphatic rings. The number of rotatable bonds is 5. The molecule has 0 aromatic carbocycles. The third kappa shape index (κ3) is 2.89. The smallest absolute Gasteiger partial charge is 0.106 e. The number of aliphatic hydroxyl groups excluding tert-OH is 1. The molecule has 1 atom stereocenters. The van der Waals surface area contributed by atoms with Gasteiger partial charge in [0.05, 0.1) is 18.0 Å². The van der Waals surface area contributed by atoms with Crippen molar-refractivity contribution >= 4 is 0 Å². The Morgan fingerprint density at radius 1 is 1.47 bits per heavy atom. The Labute approximate surface area is 102 Å². The van der Waals surface area contributed by atoms with Gasteiger partial charge in [-0.15, -0.1) is 0 Å². The van der Waals surface area contributed by atoms with Gasteiger partial charge in [-0.1, -0.05) is 0 Å². The first kappa shape index (κ1) is 12.6. The van der Waals surface area contributed by atoms with E-state index in [-0.39, 0.29) is 0 Å². The molecule has 1 aromatic heterocycles. The topological polar surface area (TPSA) is 51.8 Å². The van der Waals surface area contributed by atoms with Gasteiger partial charge in [-0.2, -0.15) is 0 Å². The number of furan rings is 1. The second-order valence-corrected chi connectivity index (χ2v) is 4.41. The molecule has 1 aliphatic heterocycles.